The molecule has 0 amide bonds. The fourth-order valence-corrected chi connectivity index (χ4v) is 4.38. The average Bonchev–Trinajstić information content (AvgIpc) is 3.30. The van der Waals surface area contributed by atoms with Crippen LogP contribution in [-0.2, 0) is 11.3 Å². The molecule has 0 saturated carbocycles. The Labute approximate surface area is 192 Å². The monoisotopic (exact) mass is 443 g/mol. The molecule has 168 valence electrons. The number of hydrogen-bond donors (Lipinski definition) is 1. The van der Waals surface area contributed by atoms with Gasteiger partial charge in [0.05, 0.1) is 25.4 Å². The summed E-state index contributed by atoms with van der Waals surface area (Å²) in [5, 5.41) is 11.4. The van der Waals surface area contributed by atoms with Gasteiger partial charge < -0.3 is 19.0 Å². The van der Waals surface area contributed by atoms with E-state index in [4.69, 9.17) is 13.9 Å². The number of carbonyl (C=O) groups excluding carboxylic acids is 1. The number of morpholine rings is 1. The fourth-order valence-electron chi connectivity index (χ4n) is 4.38. The molecule has 4 aromatic rings. The molecule has 1 saturated heterocycles. The largest absolute Gasteiger partial charge is 0.508 e. The SMILES string of the molecule is COc1cccc(C(=O)c2coc3ccc(O)c(CN4CCO[C@H](c5ccccc5)C4)c23)c1. The van der Waals surface area contributed by atoms with Gasteiger partial charge in [-0.3, -0.25) is 9.69 Å². The first kappa shape index (κ1) is 21.2. The molecule has 5 rings (SSSR count). The molecule has 0 bridgehead atoms. The smallest absolute Gasteiger partial charge is 0.197 e. The normalized spacial score (nSPS) is 16.7. The highest BCUT2D eigenvalue weighted by molar-refractivity contribution is 6.16. The van der Waals surface area contributed by atoms with Crippen molar-refractivity contribution >= 4 is 16.8 Å². The summed E-state index contributed by atoms with van der Waals surface area (Å²) >= 11 is 0. The minimum Gasteiger partial charge on any atom is -0.508 e. The summed E-state index contributed by atoms with van der Waals surface area (Å²) in [5.41, 5.74) is 3.31. The summed E-state index contributed by atoms with van der Waals surface area (Å²) in [6, 6.07) is 20.5. The Morgan fingerprint density at radius 3 is 2.79 bits per heavy atom. The van der Waals surface area contributed by atoms with Gasteiger partial charge in [-0.1, -0.05) is 42.5 Å². The van der Waals surface area contributed by atoms with Gasteiger partial charge in [0.25, 0.3) is 0 Å². The molecule has 1 atom stereocenters. The minimum atomic E-state index is -0.177. The van der Waals surface area contributed by atoms with Crippen LogP contribution in [0.25, 0.3) is 11.0 Å². The number of ether oxygens (including phenoxy) is 2. The molecule has 0 radical (unpaired) electrons. The standard InChI is InChI=1S/C27H25NO5/c1-31-20-9-5-8-19(14-20)27(30)22-17-33-24-11-10-23(29)21(26(22)24)15-28-12-13-32-25(16-28)18-6-3-2-4-7-18/h2-11,14,17,25,29H,12-13,15-16H2,1H3/t25-/m0/s1. The van der Waals surface area contributed by atoms with Gasteiger partial charge in [0.15, 0.2) is 5.78 Å². The van der Waals surface area contributed by atoms with Gasteiger partial charge in [0, 0.05) is 36.1 Å². The second-order valence-electron chi connectivity index (χ2n) is 8.15. The molecule has 0 spiro atoms. The highest BCUT2D eigenvalue weighted by Crippen LogP contribution is 2.35. The third-order valence-electron chi connectivity index (χ3n) is 6.10. The number of rotatable bonds is 6. The van der Waals surface area contributed by atoms with E-state index in [2.05, 4.69) is 17.0 Å². The Bertz CT molecular complexity index is 1280. The van der Waals surface area contributed by atoms with Gasteiger partial charge in [-0.05, 0) is 29.8 Å². The highest BCUT2D eigenvalue weighted by Gasteiger charge is 2.26. The molecule has 6 heteroatoms. The second-order valence-corrected chi connectivity index (χ2v) is 8.15. The summed E-state index contributed by atoms with van der Waals surface area (Å²) in [7, 11) is 1.57. The first-order valence-electron chi connectivity index (χ1n) is 10.9. The van der Waals surface area contributed by atoms with Gasteiger partial charge in [-0.2, -0.15) is 0 Å². The maximum Gasteiger partial charge on any atom is 0.197 e. The summed E-state index contributed by atoms with van der Waals surface area (Å²) in [6.45, 7) is 2.50. The molecule has 2 heterocycles. The molecule has 6 nitrogen and oxygen atoms in total. The van der Waals surface area contributed by atoms with E-state index in [9.17, 15) is 9.90 Å². The highest BCUT2D eigenvalue weighted by atomic mass is 16.5. The molecule has 1 fully saturated rings. The second kappa shape index (κ2) is 9.10. The van der Waals surface area contributed by atoms with E-state index < -0.39 is 0 Å². The Balaban J connectivity index is 1.48. The van der Waals surface area contributed by atoms with Gasteiger partial charge in [0.1, 0.15) is 23.3 Å². The van der Waals surface area contributed by atoms with Crippen molar-refractivity contribution in [1.29, 1.82) is 0 Å². The van der Waals surface area contributed by atoms with E-state index in [-0.39, 0.29) is 17.6 Å². The van der Waals surface area contributed by atoms with Crippen molar-refractivity contribution in [2.75, 3.05) is 26.8 Å². The van der Waals surface area contributed by atoms with Crippen LogP contribution in [0.3, 0.4) is 0 Å². The number of carbonyl (C=O) groups is 1. The van der Waals surface area contributed by atoms with Crippen molar-refractivity contribution < 1.29 is 23.8 Å². The molecule has 1 aliphatic rings. The predicted molar refractivity (Wildman–Crippen MR) is 125 cm³/mol. The summed E-state index contributed by atoms with van der Waals surface area (Å²) in [5.74, 6) is 0.576. The van der Waals surface area contributed by atoms with E-state index in [1.165, 1.54) is 6.26 Å². The van der Waals surface area contributed by atoms with E-state index in [1.54, 1.807) is 43.5 Å². The van der Waals surface area contributed by atoms with Crippen LogP contribution in [-0.4, -0.2) is 42.6 Å². The molecular weight excluding hydrogens is 418 g/mol. The summed E-state index contributed by atoms with van der Waals surface area (Å²) in [6.07, 6.45) is 1.44. The van der Waals surface area contributed by atoms with Crippen molar-refractivity contribution in [3.63, 3.8) is 0 Å². The molecule has 3 aromatic carbocycles. The zero-order valence-electron chi connectivity index (χ0n) is 18.4. The topological polar surface area (TPSA) is 72.1 Å². The van der Waals surface area contributed by atoms with Crippen LogP contribution in [0.15, 0.2) is 77.4 Å². The first-order valence-corrected chi connectivity index (χ1v) is 10.9. The van der Waals surface area contributed by atoms with E-state index >= 15 is 0 Å². The summed E-state index contributed by atoms with van der Waals surface area (Å²) in [4.78, 5) is 15.6. The molecule has 0 aliphatic carbocycles. The number of methoxy groups -OCH3 is 1. The van der Waals surface area contributed by atoms with Gasteiger partial charge in [-0.25, -0.2) is 0 Å². The van der Waals surface area contributed by atoms with Crippen molar-refractivity contribution in [2.24, 2.45) is 0 Å². The minimum absolute atomic E-state index is 0.0384. The zero-order chi connectivity index (χ0) is 22.8. The molecule has 33 heavy (non-hydrogen) atoms. The molecule has 1 N–H and O–H groups in total. The van der Waals surface area contributed by atoms with E-state index in [0.717, 1.165) is 12.1 Å². The lowest BCUT2D eigenvalue weighted by Crippen LogP contribution is -2.37. The summed E-state index contributed by atoms with van der Waals surface area (Å²) < 4.78 is 17.0. The van der Waals surface area contributed by atoms with Crippen LogP contribution in [0, 0.1) is 0 Å². The predicted octanol–water partition coefficient (Wildman–Crippen LogP) is 4.95. The molecule has 1 aromatic heterocycles. The number of nitrogens with zero attached hydrogens (tertiary/aromatic N) is 1. The number of ketones is 1. The number of phenols is 1. The Kier molecular flexibility index (Phi) is 5.86. The van der Waals surface area contributed by atoms with E-state index in [1.807, 2.05) is 18.2 Å². The van der Waals surface area contributed by atoms with Crippen molar-refractivity contribution in [3.8, 4) is 11.5 Å². The maximum atomic E-state index is 13.4. The lowest BCUT2D eigenvalue weighted by atomic mass is 9.98. The molecule has 1 aliphatic heterocycles. The fraction of sp³-hybridized carbons (Fsp3) is 0.222. The number of furan rings is 1. The number of fused-ring (bicyclic) bond motifs is 1. The van der Waals surface area contributed by atoms with Crippen LogP contribution >= 0.6 is 0 Å². The maximum absolute atomic E-state index is 13.4. The Hall–Kier alpha value is -3.61. The number of aromatic hydroxyl groups is 1. The third kappa shape index (κ3) is 4.23. The van der Waals surface area contributed by atoms with Crippen molar-refractivity contribution in [2.45, 2.75) is 12.6 Å². The van der Waals surface area contributed by atoms with E-state index in [0.29, 0.717) is 53.1 Å². The van der Waals surface area contributed by atoms with Crippen LogP contribution < -0.4 is 4.74 Å². The zero-order valence-corrected chi connectivity index (χ0v) is 18.4. The quantitative estimate of drug-likeness (QED) is 0.425. The number of benzene rings is 3. The van der Waals surface area contributed by atoms with Gasteiger partial charge >= 0.3 is 0 Å². The van der Waals surface area contributed by atoms with Gasteiger partial charge in [-0.15, -0.1) is 0 Å². The van der Waals surface area contributed by atoms with Crippen LogP contribution in [0.5, 0.6) is 11.5 Å². The number of hydrogen-bond acceptors (Lipinski definition) is 6. The van der Waals surface area contributed by atoms with Crippen molar-refractivity contribution in [3.05, 3.63) is 95.2 Å². The lowest BCUT2D eigenvalue weighted by Gasteiger charge is -2.33. The molecular formula is C27H25NO5. The average molecular weight is 443 g/mol. The molecule has 0 unspecified atom stereocenters. The van der Waals surface area contributed by atoms with Crippen LogP contribution in [0.1, 0.15) is 33.2 Å². The van der Waals surface area contributed by atoms with Crippen molar-refractivity contribution in [1.82, 2.24) is 4.90 Å². The van der Waals surface area contributed by atoms with Crippen LogP contribution in [0.4, 0.5) is 0 Å². The first-order chi connectivity index (χ1) is 16.1. The van der Waals surface area contributed by atoms with Gasteiger partial charge in [0.2, 0.25) is 0 Å². The van der Waals surface area contributed by atoms with Crippen LogP contribution in [0.2, 0.25) is 0 Å². The Morgan fingerprint density at radius 1 is 1.12 bits per heavy atom. The third-order valence-corrected chi connectivity index (χ3v) is 6.10. The number of phenolic OH excluding ortho intramolecular Hbond substituents is 1. The Morgan fingerprint density at radius 2 is 1.97 bits per heavy atom. The lowest BCUT2D eigenvalue weighted by molar-refractivity contribution is -0.0329.